The molecule has 0 bridgehead atoms. The zero-order chi connectivity index (χ0) is 21.9. The second-order valence-electron chi connectivity index (χ2n) is 8.41. The van der Waals surface area contributed by atoms with Crippen molar-refractivity contribution in [1.29, 1.82) is 0 Å². The van der Waals surface area contributed by atoms with E-state index in [1.54, 1.807) is 4.90 Å². The minimum atomic E-state index is -2.74. The van der Waals surface area contributed by atoms with E-state index in [0.29, 0.717) is 36.0 Å². The van der Waals surface area contributed by atoms with Crippen LogP contribution in [0.25, 0.3) is 10.9 Å². The van der Waals surface area contributed by atoms with Crippen molar-refractivity contribution in [3.63, 3.8) is 0 Å². The molecule has 1 amide bonds. The average Bonchev–Trinajstić information content (AvgIpc) is 3.49. The Kier molecular flexibility index (Phi) is 4.13. The van der Waals surface area contributed by atoms with Gasteiger partial charge in [-0.1, -0.05) is 34.7 Å². The molecule has 1 aliphatic heterocycles. The van der Waals surface area contributed by atoms with Crippen molar-refractivity contribution in [2.45, 2.75) is 37.3 Å². The summed E-state index contributed by atoms with van der Waals surface area (Å²) in [4.78, 5) is 23.6. The lowest BCUT2D eigenvalue weighted by Gasteiger charge is -2.46. The maximum Gasteiger partial charge on any atom is 0.270 e. The number of alkyl halides is 2. The van der Waals surface area contributed by atoms with Crippen LogP contribution in [0.15, 0.2) is 36.5 Å². The van der Waals surface area contributed by atoms with Crippen LogP contribution in [0.4, 0.5) is 13.9 Å². The molecule has 0 atom stereocenters. The number of rotatable bonds is 4. The number of hydrogen-bond donors (Lipinski definition) is 3. The van der Waals surface area contributed by atoms with Gasteiger partial charge in [-0.15, -0.1) is 5.10 Å². The second kappa shape index (κ2) is 6.83. The van der Waals surface area contributed by atoms with Crippen LogP contribution in [-0.4, -0.2) is 48.7 Å². The lowest BCUT2D eigenvalue weighted by Crippen LogP contribution is -2.54. The second-order valence-corrected chi connectivity index (χ2v) is 9.49. The summed E-state index contributed by atoms with van der Waals surface area (Å²) in [6.07, 6.45) is 1.44. The molecule has 1 aromatic carbocycles. The number of aromatic nitrogens is 5. The first-order chi connectivity index (χ1) is 15.4. The molecule has 0 saturated heterocycles. The predicted molar refractivity (Wildman–Crippen MR) is 115 cm³/mol. The summed E-state index contributed by atoms with van der Waals surface area (Å²) in [7, 11) is 0. The SMILES string of the molecule is O=C(c1cc2ccccc2[nH]1)N1CCc2nc(NC3(c4c[nH]nn4)CC(F)(F)C3)sc2C1. The third kappa shape index (κ3) is 3.15. The minimum Gasteiger partial charge on any atom is -0.351 e. The number of nitrogens with one attached hydrogen (secondary N) is 3. The Labute approximate surface area is 185 Å². The van der Waals surface area contributed by atoms with Gasteiger partial charge < -0.3 is 15.2 Å². The van der Waals surface area contributed by atoms with E-state index in [2.05, 4.69) is 30.7 Å². The van der Waals surface area contributed by atoms with E-state index in [9.17, 15) is 13.6 Å². The Hall–Kier alpha value is -3.34. The van der Waals surface area contributed by atoms with Crippen molar-refractivity contribution < 1.29 is 13.6 Å². The predicted octanol–water partition coefficient (Wildman–Crippen LogP) is 3.68. The van der Waals surface area contributed by atoms with E-state index in [-0.39, 0.29) is 18.7 Å². The number of nitrogens with zero attached hydrogens (tertiary/aromatic N) is 4. The van der Waals surface area contributed by atoms with Gasteiger partial charge in [-0.25, -0.2) is 13.8 Å². The number of H-pyrrole nitrogens is 2. The van der Waals surface area contributed by atoms with Crippen LogP contribution in [0.3, 0.4) is 0 Å². The molecule has 2 aliphatic rings. The first kappa shape index (κ1) is 19.4. The fourth-order valence-electron chi connectivity index (χ4n) is 4.59. The van der Waals surface area contributed by atoms with Crippen molar-refractivity contribution in [1.82, 2.24) is 30.3 Å². The van der Waals surface area contributed by atoms with Gasteiger partial charge in [-0.05, 0) is 12.1 Å². The number of carbonyl (C=O) groups is 1. The molecule has 1 aliphatic carbocycles. The van der Waals surface area contributed by atoms with E-state index < -0.39 is 11.5 Å². The first-order valence-electron chi connectivity index (χ1n) is 10.3. The van der Waals surface area contributed by atoms with E-state index >= 15 is 0 Å². The number of para-hydroxylation sites is 1. The smallest absolute Gasteiger partial charge is 0.270 e. The zero-order valence-corrected chi connectivity index (χ0v) is 17.7. The highest BCUT2D eigenvalue weighted by molar-refractivity contribution is 7.15. The van der Waals surface area contributed by atoms with Crippen LogP contribution >= 0.6 is 11.3 Å². The first-order valence-corrected chi connectivity index (χ1v) is 11.1. The quantitative estimate of drug-likeness (QED) is 0.436. The Morgan fingerprint density at radius 1 is 1.25 bits per heavy atom. The molecule has 11 heteroatoms. The van der Waals surface area contributed by atoms with Gasteiger partial charge >= 0.3 is 0 Å². The van der Waals surface area contributed by atoms with Crippen LogP contribution in [-0.2, 0) is 18.5 Å². The summed E-state index contributed by atoms with van der Waals surface area (Å²) in [5.41, 5.74) is 1.84. The normalized spacial score (nSPS) is 18.9. The molecule has 8 nitrogen and oxygen atoms in total. The van der Waals surface area contributed by atoms with Gasteiger partial charge in [-0.3, -0.25) is 9.89 Å². The standard InChI is InChI=1S/C21H19F2N7OS/c22-21(23)10-20(11-21,17-8-24-29-28-17)27-19-26-14-5-6-30(9-16(14)32-19)18(31)15-7-12-3-1-2-4-13(12)25-15/h1-4,7-8,25H,5-6,9-11H2,(H,26,27)(H,24,28,29). The summed E-state index contributed by atoms with van der Waals surface area (Å²) in [5.74, 6) is -2.81. The Balaban J connectivity index is 1.22. The van der Waals surface area contributed by atoms with Gasteiger partial charge in [0, 0.05) is 47.8 Å². The molecule has 0 radical (unpaired) electrons. The lowest BCUT2D eigenvalue weighted by atomic mass is 9.71. The number of thiazole rings is 1. The number of anilines is 1. The fraction of sp³-hybridized carbons (Fsp3) is 0.333. The number of hydrogen-bond acceptors (Lipinski definition) is 6. The number of carbonyl (C=O) groups excluding carboxylic acids is 1. The number of benzene rings is 1. The average molecular weight is 455 g/mol. The molecule has 1 saturated carbocycles. The van der Waals surface area contributed by atoms with E-state index in [1.165, 1.54) is 17.5 Å². The molecule has 4 aromatic rings. The van der Waals surface area contributed by atoms with Crippen molar-refractivity contribution in [2.24, 2.45) is 0 Å². The summed E-state index contributed by atoms with van der Waals surface area (Å²) in [6, 6.07) is 9.64. The van der Waals surface area contributed by atoms with Crippen LogP contribution in [0.5, 0.6) is 0 Å². The monoisotopic (exact) mass is 455 g/mol. The van der Waals surface area contributed by atoms with Crippen LogP contribution in [0, 0.1) is 0 Å². The highest BCUT2D eigenvalue weighted by Gasteiger charge is 2.59. The molecular formula is C21H19F2N7OS. The summed E-state index contributed by atoms with van der Waals surface area (Å²) in [5, 5.41) is 15.0. The van der Waals surface area contributed by atoms with Crippen molar-refractivity contribution >= 4 is 33.3 Å². The largest absolute Gasteiger partial charge is 0.351 e. The van der Waals surface area contributed by atoms with Gasteiger partial charge in [0.25, 0.3) is 11.8 Å². The van der Waals surface area contributed by atoms with Crippen LogP contribution in [0.2, 0.25) is 0 Å². The Morgan fingerprint density at radius 2 is 2.09 bits per heavy atom. The maximum absolute atomic E-state index is 13.8. The van der Waals surface area contributed by atoms with Crippen LogP contribution < -0.4 is 5.32 Å². The maximum atomic E-state index is 13.8. The van der Waals surface area contributed by atoms with Crippen molar-refractivity contribution in [2.75, 3.05) is 11.9 Å². The Bertz CT molecular complexity index is 1270. The molecule has 32 heavy (non-hydrogen) atoms. The van der Waals surface area contributed by atoms with Gasteiger partial charge in [0.2, 0.25) is 0 Å². The molecular weight excluding hydrogens is 436 g/mol. The molecule has 6 rings (SSSR count). The van der Waals surface area contributed by atoms with Gasteiger partial charge in [0.05, 0.1) is 17.8 Å². The summed E-state index contributed by atoms with van der Waals surface area (Å²) >= 11 is 1.40. The van der Waals surface area contributed by atoms with E-state index in [1.807, 2.05) is 30.3 Å². The molecule has 3 N–H and O–H groups in total. The van der Waals surface area contributed by atoms with Crippen molar-refractivity contribution in [3.05, 3.63) is 58.5 Å². The van der Waals surface area contributed by atoms with Crippen molar-refractivity contribution in [3.8, 4) is 0 Å². The Morgan fingerprint density at radius 3 is 2.84 bits per heavy atom. The third-order valence-electron chi connectivity index (χ3n) is 6.15. The molecule has 164 valence electrons. The minimum absolute atomic E-state index is 0.0625. The van der Waals surface area contributed by atoms with E-state index in [4.69, 9.17) is 0 Å². The van der Waals surface area contributed by atoms with Gasteiger partial charge in [-0.2, -0.15) is 0 Å². The number of fused-ring (bicyclic) bond motifs is 2. The highest BCUT2D eigenvalue weighted by Crippen LogP contribution is 2.53. The molecule has 4 heterocycles. The van der Waals surface area contributed by atoms with E-state index in [0.717, 1.165) is 21.5 Å². The van der Waals surface area contributed by atoms with Gasteiger partial charge in [0.1, 0.15) is 11.4 Å². The summed E-state index contributed by atoms with van der Waals surface area (Å²) < 4.78 is 27.5. The van der Waals surface area contributed by atoms with Gasteiger partial charge in [0.15, 0.2) is 5.13 Å². The lowest BCUT2D eigenvalue weighted by molar-refractivity contribution is -0.118. The fourth-order valence-corrected chi connectivity index (χ4v) is 5.71. The third-order valence-corrected chi connectivity index (χ3v) is 7.15. The number of halogens is 2. The topological polar surface area (TPSA) is 103 Å². The number of amides is 1. The molecule has 1 fully saturated rings. The molecule has 0 spiro atoms. The van der Waals surface area contributed by atoms with Crippen LogP contribution in [0.1, 0.15) is 39.6 Å². The summed E-state index contributed by atoms with van der Waals surface area (Å²) in [6.45, 7) is 0.993. The molecule has 0 unspecified atom stereocenters. The highest BCUT2D eigenvalue weighted by atomic mass is 32.1. The number of aromatic amines is 2. The zero-order valence-electron chi connectivity index (χ0n) is 16.9. The molecule has 3 aromatic heterocycles.